The van der Waals surface area contributed by atoms with E-state index in [4.69, 9.17) is 0 Å². The summed E-state index contributed by atoms with van der Waals surface area (Å²) < 4.78 is 0. The van der Waals surface area contributed by atoms with E-state index in [1.165, 1.54) is 28.5 Å². The molecular formula is C6H7NS2. The van der Waals surface area contributed by atoms with Gasteiger partial charge in [-0.3, -0.25) is 0 Å². The zero-order valence-corrected chi connectivity index (χ0v) is 6.60. The lowest BCUT2D eigenvalue weighted by Crippen LogP contribution is -1.98. The van der Waals surface area contributed by atoms with Gasteiger partial charge in [0.1, 0.15) is 0 Å². The molecule has 0 saturated carbocycles. The van der Waals surface area contributed by atoms with Crippen LogP contribution in [0.5, 0.6) is 0 Å². The normalized spacial score (nSPS) is 17.3. The van der Waals surface area contributed by atoms with Crippen molar-refractivity contribution in [1.82, 2.24) is 4.98 Å². The van der Waals surface area contributed by atoms with Crippen molar-refractivity contribution in [1.29, 1.82) is 0 Å². The average molecular weight is 157 g/mol. The summed E-state index contributed by atoms with van der Waals surface area (Å²) in [6, 6.07) is 0. The Labute approximate surface area is 62.5 Å². The molecule has 1 aromatic rings. The van der Waals surface area contributed by atoms with Gasteiger partial charge in [-0.25, -0.2) is 4.98 Å². The molecular weight excluding hydrogens is 150 g/mol. The van der Waals surface area contributed by atoms with Gasteiger partial charge in [-0.1, -0.05) is 0 Å². The number of nitrogens with zero attached hydrogens (tertiary/aromatic N) is 1. The monoisotopic (exact) mass is 157 g/mol. The summed E-state index contributed by atoms with van der Waals surface area (Å²) in [5.74, 6) is 2.46. The second-order valence-corrected chi connectivity index (χ2v) is 4.07. The van der Waals surface area contributed by atoms with Crippen LogP contribution in [0.3, 0.4) is 0 Å². The predicted molar refractivity (Wildman–Crippen MR) is 42.0 cm³/mol. The average Bonchev–Trinajstić information content (AvgIpc) is 2.33. The lowest BCUT2D eigenvalue weighted by Gasteiger charge is -2.06. The molecule has 0 spiro atoms. The number of hydrogen-bond acceptors (Lipinski definition) is 3. The Morgan fingerprint density at radius 3 is 3.44 bits per heavy atom. The zero-order valence-electron chi connectivity index (χ0n) is 4.96. The van der Waals surface area contributed by atoms with E-state index in [1.807, 2.05) is 17.3 Å². The van der Waals surface area contributed by atoms with E-state index in [0.29, 0.717) is 0 Å². The Balaban J connectivity index is 2.39. The summed E-state index contributed by atoms with van der Waals surface area (Å²) in [6.45, 7) is 0. The van der Waals surface area contributed by atoms with Crippen molar-refractivity contribution in [2.45, 2.75) is 12.2 Å². The van der Waals surface area contributed by atoms with Crippen molar-refractivity contribution < 1.29 is 0 Å². The highest BCUT2D eigenvalue weighted by Gasteiger charge is 2.10. The second kappa shape index (κ2) is 2.31. The van der Waals surface area contributed by atoms with E-state index in [-0.39, 0.29) is 0 Å². The fourth-order valence-corrected chi connectivity index (χ4v) is 2.90. The zero-order chi connectivity index (χ0) is 6.10. The van der Waals surface area contributed by atoms with Crippen LogP contribution in [0.25, 0.3) is 0 Å². The molecule has 0 unspecified atom stereocenters. The van der Waals surface area contributed by atoms with Gasteiger partial charge in [0.2, 0.25) is 0 Å². The van der Waals surface area contributed by atoms with E-state index >= 15 is 0 Å². The third-order valence-electron chi connectivity index (χ3n) is 1.44. The predicted octanol–water partition coefficient (Wildman–Crippen LogP) is 1.93. The molecule has 2 heterocycles. The first kappa shape index (κ1) is 5.74. The first-order valence-corrected chi connectivity index (χ1v) is 4.99. The maximum atomic E-state index is 4.26. The van der Waals surface area contributed by atoms with Crippen LogP contribution < -0.4 is 0 Å². The van der Waals surface area contributed by atoms with E-state index in [0.717, 1.165) is 0 Å². The topological polar surface area (TPSA) is 12.9 Å². The summed E-state index contributed by atoms with van der Waals surface area (Å²) in [5.41, 5.74) is 3.30. The van der Waals surface area contributed by atoms with Crippen LogP contribution in [0, 0.1) is 0 Å². The lowest BCUT2D eigenvalue weighted by molar-refractivity contribution is 1.03. The van der Waals surface area contributed by atoms with E-state index in [1.54, 1.807) is 11.3 Å². The molecule has 0 N–H and O–H groups in total. The molecule has 1 nitrogen and oxygen atoms in total. The standard InChI is InChI=1S/C6H7NS2/c1-2-8-3-6-5(1)7-4-9-6/h4H,1-3H2. The SMILES string of the molecule is c1nc2c(s1)CSCC2. The molecule has 0 saturated heterocycles. The van der Waals surface area contributed by atoms with Crippen LogP contribution >= 0.6 is 23.1 Å². The summed E-state index contributed by atoms with van der Waals surface area (Å²) in [4.78, 5) is 5.75. The molecule has 0 aliphatic carbocycles. The van der Waals surface area contributed by atoms with Gasteiger partial charge in [0.25, 0.3) is 0 Å². The highest BCUT2D eigenvalue weighted by Crippen LogP contribution is 2.26. The van der Waals surface area contributed by atoms with Crippen molar-refractivity contribution >= 4 is 23.1 Å². The highest BCUT2D eigenvalue weighted by molar-refractivity contribution is 7.98. The Morgan fingerprint density at radius 2 is 2.56 bits per heavy atom. The van der Waals surface area contributed by atoms with Gasteiger partial charge < -0.3 is 0 Å². The van der Waals surface area contributed by atoms with Gasteiger partial charge in [-0.05, 0) is 12.2 Å². The van der Waals surface area contributed by atoms with Crippen molar-refractivity contribution in [3.05, 3.63) is 16.1 Å². The van der Waals surface area contributed by atoms with Gasteiger partial charge in [-0.2, -0.15) is 11.8 Å². The quantitative estimate of drug-likeness (QED) is 0.571. The van der Waals surface area contributed by atoms with Crippen LogP contribution in [0.2, 0.25) is 0 Å². The molecule has 0 fully saturated rings. The highest BCUT2D eigenvalue weighted by atomic mass is 32.2. The van der Waals surface area contributed by atoms with Crippen LogP contribution in [0.1, 0.15) is 10.6 Å². The first-order valence-electron chi connectivity index (χ1n) is 2.96. The number of thioether (sulfide) groups is 1. The Bertz CT molecular complexity index is 186. The molecule has 48 valence electrons. The number of aryl methyl sites for hydroxylation is 1. The van der Waals surface area contributed by atoms with E-state index in [2.05, 4.69) is 4.98 Å². The molecule has 9 heavy (non-hydrogen) atoms. The maximum absolute atomic E-state index is 4.26. The Kier molecular flexibility index (Phi) is 1.47. The van der Waals surface area contributed by atoms with Gasteiger partial charge in [0.05, 0.1) is 11.2 Å². The largest absolute Gasteiger partial charge is 0.249 e. The summed E-state index contributed by atoms with van der Waals surface area (Å²) in [5, 5.41) is 0. The molecule has 1 aromatic heterocycles. The maximum Gasteiger partial charge on any atom is 0.0798 e. The van der Waals surface area contributed by atoms with Gasteiger partial charge >= 0.3 is 0 Å². The fraction of sp³-hybridized carbons (Fsp3) is 0.500. The summed E-state index contributed by atoms with van der Waals surface area (Å²) >= 11 is 3.81. The lowest BCUT2D eigenvalue weighted by atomic mass is 10.3. The number of thiazole rings is 1. The molecule has 0 radical (unpaired) electrons. The molecule has 0 bridgehead atoms. The molecule has 2 rings (SSSR count). The Morgan fingerprint density at radius 1 is 1.56 bits per heavy atom. The molecule has 1 aliphatic rings. The van der Waals surface area contributed by atoms with Crippen LogP contribution in [0.4, 0.5) is 0 Å². The third-order valence-corrected chi connectivity index (χ3v) is 3.49. The summed E-state index contributed by atoms with van der Waals surface area (Å²) in [7, 11) is 0. The minimum absolute atomic E-state index is 1.18. The number of rotatable bonds is 0. The van der Waals surface area contributed by atoms with Gasteiger partial charge in [0, 0.05) is 10.6 Å². The van der Waals surface area contributed by atoms with Crippen LogP contribution in [-0.4, -0.2) is 10.7 Å². The van der Waals surface area contributed by atoms with Crippen LogP contribution in [-0.2, 0) is 12.2 Å². The van der Waals surface area contributed by atoms with Crippen molar-refractivity contribution in [3.63, 3.8) is 0 Å². The van der Waals surface area contributed by atoms with E-state index in [9.17, 15) is 0 Å². The Hall–Kier alpha value is -0.0200. The molecule has 0 amide bonds. The molecule has 3 heteroatoms. The molecule has 0 atom stereocenters. The number of aromatic nitrogens is 1. The van der Waals surface area contributed by atoms with E-state index < -0.39 is 0 Å². The number of fused-ring (bicyclic) bond motifs is 1. The minimum Gasteiger partial charge on any atom is -0.249 e. The molecule has 1 aliphatic heterocycles. The van der Waals surface area contributed by atoms with Crippen molar-refractivity contribution in [2.24, 2.45) is 0 Å². The summed E-state index contributed by atoms with van der Waals surface area (Å²) in [6.07, 6.45) is 1.18. The second-order valence-electron chi connectivity index (χ2n) is 2.02. The first-order chi connectivity index (χ1) is 4.47. The smallest absolute Gasteiger partial charge is 0.0798 e. The molecule has 0 aromatic carbocycles. The van der Waals surface area contributed by atoms with Gasteiger partial charge in [-0.15, -0.1) is 11.3 Å². The number of hydrogen-bond donors (Lipinski definition) is 0. The minimum atomic E-state index is 1.18. The van der Waals surface area contributed by atoms with Gasteiger partial charge in [0.15, 0.2) is 0 Å². The fourth-order valence-electron chi connectivity index (χ4n) is 0.949. The van der Waals surface area contributed by atoms with Crippen molar-refractivity contribution in [2.75, 3.05) is 5.75 Å². The van der Waals surface area contributed by atoms with Crippen LogP contribution in [0.15, 0.2) is 5.51 Å². The third kappa shape index (κ3) is 0.990. The van der Waals surface area contributed by atoms with Crippen molar-refractivity contribution in [3.8, 4) is 0 Å².